The van der Waals surface area contributed by atoms with Crippen molar-refractivity contribution >= 4 is 0 Å². The van der Waals surface area contributed by atoms with Gasteiger partial charge in [0.2, 0.25) is 0 Å². The van der Waals surface area contributed by atoms with Gasteiger partial charge in [0, 0.05) is 57.2 Å². The summed E-state index contributed by atoms with van der Waals surface area (Å²) >= 11 is 0. The Hall–Kier alpha value is -1.73. The first kappa shape index (κ1) is 13.9. The van der Waals surface area contributed by atoms with Crippen LogP contribution in [0.1, 0.15) is 18.7 Å². The van der Waals surface area contributed by atoms with Crippen LogP contribution in [0.3, 0.4) is 0 Å². The van der Waals surface area contributed by atoms with Crippen molar-refractivity contribution in [1.29, 1.82) is 0 Å². The van der Waals surface area contributed by atoms with E-state index >= 15 is 0 Å². The van der Waals surface area contributed by atoms with Crippen LogP contribution in [0.4, 0.5) is 0 Å². The van der Waals surface area contributed by atoms with E-state index in [0.29, 0.717) is 12.0 Å². The molecule has 0 aliphatic carbocycles. The summed E-state index contributed by atoms with van der Waals surface area (Å²) in [7, 11) is 0. The van der Waals surface area contributed by atoms with Gasteiger partial charge in [0.25, 0.3) is 0 Å². The Balaban J connectivity index is 1.54. The number of nitrogens with zero attached hydrogens (tertiary/aromatic N) is 6. The molecule has 0 N–H and O–H groups in total. The maximum Gasteiger partial charge on any atom is 0.137 e. The van der Waals surface area contributed by atoms with E-state index in [1.807, 2.05) is 10.9 Å². The zero-order chi connectivity index (χ0) is 14.8. The summed E-state index contributed by atoms with van der Waals surface area (Å²) in [5.41, 5.74) is 0. The van der Waals surface area contributed by atoms with E-state index in [-0.39, 0.29) is 0 Å². The van der Waals surface area contributed by atoms with Crippen LogP contribution < -0.4 is 0 Å². The maximum atomic E-state index is 5.52. The third-order valence-electron chi connectivity index (χ3n) is 4.71. The highest BCUT2D eigenvalue weighted by Crippen LogP contribution is 2.23. The fourth-order valence-electron chi connectivity index (χ4n) is 3.61. The average molecular weight is 302 g/mol. The maximum absolute atomic E-state index is 5.52. The normalized spacial score (nSPS) is 24.1. The second-order valence-electron chi connectivity index (χ2n) is 6.25. The van der Waals surface area contributed by atoms with Gasteiger partial charge in [0.1, 0.15) is 18.5 Å². The molecule has 1 unspecified atom stereocenters. The van der Waals surface area contributed by atoms with Crippen LogP contribution >= 0.6 is 0 Å². The summed E-state index contributed by atoms with van der Waals surface area (Å²) < 4.78 is 9.75. The van der Waals surface area contributed by atoms with E-state index in [0.717, 1.165) is 52.2 Å². The number of imidazole rings is 1. The number of fused-ring (bicyclic) bond motifs is 1. The van der Waals surface area contributed by atoms with Crippen molar-refractivity contribution in [2.75, 3.05) is 19.8 Å². The zero-order valence-corrected chi connectivity index (χ0v) is 12.7. The van der Waals surface area contributed by atoms with Gasteiger partial charge in [-0.15, -0.1) is 0 Å². The molecule has 0 aromatic carbocycles. The lowest BCUT2D eigenvalue weighted by molar-refractivity contribution is 0.0249. The van der Waals surface area contributed by atoms with Crippen molar-refractivity contribution in [1.82, 2.24) is 29.2 Å². The van der Waals surface area contributed by atoms with Gasteiger partial charge in [-0.05, 0) is 12.8 Å². The molecule has 7 nitrogen and oxygen atoms in total. The second kappa shape index (κ2) is 6.18. The Kier molecular flexibility index (Phi) is 3.90. The van der Waals surface area contributed by atoms with Gasteiger partial charge >= 0.3 is 0 Å². The van der Waals surface area contributed by atoms with Gasteiger partial charge in [0.05, 0.1) is 6.54 Å². The molecule has 1 fully saturated rings. The molecule has 0 bridgehead atoms. The van der Waals surface area contributed by atoms with E-state index in [2.05, 4.69) is 30.7 Å². The van der Waals surface area contributed by atoms with Crippen LogP contribution in [-0.4, -0.2) is 55.0 Å². The van der Waals surface area contributed by atoms with E-state index in [1.165, 1.54) is 5.82 Å². The van der Waals surface area contributed by atoms with Gasteiger partial charge in [-0.2, -0.15) is 5.10 Å². The molecule has 2 aliphatic heterocycles. The highest BCUT2D eigenvalue weighted by molar-refractivity contribution is 4.97. The van der Waals surface area contributed by atoms with Crippen LogP contribution in [0.2, 0.25) is 0 Å². The molecular formula is C15H22N6O. The van der Waals surface area contributed by atoms with Crippen LogP contribution in [0, 0.1) is 5.92 Å². The van der Waals surface area contributed by atoms with Gasteiger partial charge < -0.3 is 9.30 Å². The number of ether oxygens (including phenoxy) is 1. The lowest BCUT2D eigenvalue weighted by Crippen LogP contribution is -2.41. The first-order valence-electron chi connectivity index (χ1n) is 8.02. The van der Waals surface area contributed by atoms with E-state index in [1.54, 1.807) is 12.7 Å². The Bertz CT molecular complexity index is 589. The van der Waals surface area contributed by atoms with E-state index < -0.39 is 0 Å². The monoisotopic (exact) mass is 302 g/mol. The molecule has 0 spiro atoms. The molecule has 0 saturated carbocycles. The molecule has 2 aromatic rings. The molecule has 4 heterocycles. The van der Waals surface area contributed by atoms with E-state index in [9.17, 15) is 0 Å². The SMILES string of the molecule is c1cn2c(n1)CN(C1CCOCC1)CC(Cn1cncn1)C2. The van der Waals surface area contributed by atoms with Crippen LogP contribution in [0.5, 0.6) is 0 Å². The molecular weight excluding hydrogens is 280 g/mol. The van der Waals surface area contributed by atoms with Crippen LogP contribution in [0.25, 0.3) is 0 Å². The summed E-state index contributed by atoms with van der Waals surface area (Å²) in [5.74, 6) is 1.69. The molecule has 2 aromatic heterocycles. The first-order valence-corrected chi connectivity index (χ1v) is 8.02. The Morgan fingerprint density at radius 3 is 2.95 bits per heavy atom. The van der Waals surface area contributed by atoms with E-state index in [4.69, 9.17) is 4.74 Å². The van der Waals surface area contributed by atoms with Crippen LogP contribution in [0.15, 0.2) is 25.0 Å². The fourth-order valence-corrected chi connectivity index (χ4v) is 3.61. The quantitative estimate of drug-likeness (QED) is 0.839. The predicted molar refractivity (Wildman–Crippen MR) is 80.0 cm³/mol. The highest BCUT2D eigenvalue weighted by Gasteiger charge is 2.28. The van der Waals surface area contributed by atoms with Crippen molar-refractivity contribution in [2.45, 2.75) is 38.5 Å². The number of aromatic nitrogens is 5. The van der Waals surface area contributed by atoms with Crippen molar-refractivity contribution in [2.24, 2.45) is 5.92 Å². The third kappa shape index (κ3) is 2.91. The molecule has 0 radical (unpaired) electrons. The third-order valence-corrected chi connectivity index (χ3v) is 4.71. The van der Waals surface area contributed by atoms with Crippen molar-refractivity contribution in [3.05, 3.63) is 30.9 Å². The molecule has 22 heavy (non-hydrogen) atoms. The van der Waals surface area contributed by atoms with Gasteiger partial charge in [-0.3, -0.25) is 9.58 Å². The number of hydrogen-bond donors (Lipinski definition) is 0. The molecule has 118 valence electrons. The number of hydrogen-bond acceptors (Lipinski definition) is 5. The molecule has 1 atom stereocenters. The minimum Gasteiger partial charge on any atom is -0.381 e. The summed E-state index contributed by atoms with van der Waals surface area (Å²) in [4.78, 5) is 11.2. The summed E-state index contributed by atoms with van der Waals surface area (Å²) in [5, 5.41) is 4.26. The highest BCUT2D eigenvalue weighted by atomic mass is 16.5. The van der Waals surface area contributed by atoms with Gasteiger partial charge in [0.15, 0.2) is 0 Å². The topological polar surface area (TPSA) is 61.0 Å². The minimum absolute atomic E-state index is 0.514. The largest absolute Gasteiger partial charge is 0.381 e. The van der Waals surface area contributed by atoms with Gasteiger partial charge in [-0.1, -0.05) is 0 Å². The summed E-state index contributed by atoms with van der Waals surface area (Å²) in [6.07, 6.45) is 9.66. The van der Waals surface area contributed by atoms with Crippen molar-refractivity contribution < 1.29 is 4.74 Å². The lowest BCUT2D eigenvalue weighted by Gasteiger charge is -2.34. The van der Waals surface area contributed by atoms with Crippen molar-refractivity contribution in [3.8, 4) is 0 Å². The Morgan fingerprint density at radius 1 is 1.23 bits per heavy atom. The average Bonchev–Trinajstić information content (AvgIpc) is 3.17. The number of rotatable bonds is 3. The first-order chi connectivity index (χ1) is 10.9. The smallest absolute Gasteiger partial charge is 0.137 e. The molecule has 0 amide bonds. The van der Waals surface area contributed by atoms with Crippen molar-refractivity contribution in [3.63, 3.8) is 0 Å². The summed E-state index contributed by atoms with van der Waals surface area (Å²) in [6.45, 7) is 5.67. The Morgan fingerprint density at radius 2 is 2.14 bits per heavy atom. The Labute approximate surface area is 129 Å². The molecule has 4 rings (SSSR count). The molecule has 1 saturated heterocycles. The fraction of sp³-hybridized carbons (Fsp3) is 0.667. The summed E-state index contributed by atoms with van der Waals surface area (Å²) in [6, 6.07) is 0.607. The van der Waals surface area contributed by atoms with Gasteiger partial charge in [-0.25, -0.2) is 9.97 Å². The van der Waals surface area contributed by atoms with Crippen LogP contribution in [-0.2, 0) is 24.4 Å². The zero-order valence-electron chi connectivity index (χ0n) is 12.7. The second-order valence-corrected chi connectivity index (χ2v) is 6.25. The molecule has 2 aliphatic rings. The predicted octanol–water partition coefficient (Wildman–Crippen LogP) is 0.786. The standard InChI is InChI=1S/C15H22N6O/c1-5-22-6-2-14(1)20-8-13(9-21-12-16-11-18-21)7-19-4-3-17-15(19)10-20/h3-4,11-14H,1-2,5-10H2. The lowest BCUT2D eigenvalue weighted by atomic mass is 10.0. The molecule has 7 heteroatoms. The minimum atomic E-state index is 0.514.